The number of piperidine rings is 1. The average Bonchev–Trinajstić information content (AvgIpc) is 2.59. The zero-order chi connectivity index (χ0) is 17.6. The lowest BCUT2D eigenvalue weighted by molar-refractivity contribution is -0.125. The molecule has 0 saturated carbocycles. The molecule has 1 atom stereocenters. The largest absolute Gasteiger partial charge is 0.329 e. The van der Waals surface area contributed by atoms with E-state index in [0.29, 0.717) is 6.54 Å². The molecule has 150 valence electrons. The van der Waals surface area contributed by atoms with Gasteiger partial charge in [-0.3, -0.25) is 9.69 Å². The number of nitrogens with two attached hydrogens (primary N) is 1. The maximum atomic E-state index is 12.6. The third kappa shape index (κ3) is 6.41. The van der Waals surface area contributed by atoms with E-state index >= 15 is 0 Å². The van der Waals surface area contributed by atoms with Crippen molar-refractivity contribution in [2.24, 2.45) is 17.1 Å². The minimum Gasteiger partial charge on any atom is -0.329 e. The van der Waals surface area contributed by atoms with Crippen molar-refractivity contribution in [1.29, 1.82) is 0 Å². The second-order valence-corrected chi connectivity index (χ2v) is 7.33. The molecule has 0 bridgehead atoms. The number of carbonyl (C=O) groups is 1. The molecule has 1 aliphatic heterocycles. The molecule has 6 heteroatoms. The van der Waals surface area contributed by atoms with Gasteiger partial charge in [0, 0.05) is 25.3 Å². The lowest BCUT2D eigenvalue weighted by Gasteiger charge is -2.31. The molecule has 1 unspecified atom stereocenters. The van der Waals surface area contributed by atoms with E-state index in [0.717, 1.165) is 31.0 Å². The Bertz CT molecular complexity index is 524. The van der Waals surface area contributed by atoms with Crippen LogP contribution in [-0.2, 0) is 11.3 Å². The summed E-state index contributed by atoms with van der Waals surface area (Å²) in [7, 11) is 0. The van der Waals surface area contributed by atoms with E-state index in [2.05, 4.69) is 29.3 Å². The number of nitrogens with zero attached hydrogens (tertiary/aromatic N) is 1. The quantitative estimate of drug-likeness (QED) is 0.705. The van der Waals surface area contributed by atoms with Gasteiger partial charge in [0.05, 0.1) is 5.41 Å². The van der Waals surface area contributed by atoms with E-state index < -0.39 is 5.41 Å². The van der Waals surface area contributed by atoms with Crippen LogP contribution in [0.25, 0.3) is 0 Å². The molecule has 26 heavy (non-hydrogen) atoms. The fourth-order valence-electron chi connectivity index (χ4n) is 3.60. The van der Waals surface area contributed by atoms with Crippen LogP contribution in [0.5, 0.6) is 0 Å². The highest BCUT2D eigenvalue weighted by Crippen LogP contribution is 2.27. The normalized spacial score (nSPS) is 17.8. The summed E-state index contributed by atoms with van der Waals surface area (Å²) in [4.78, 5) is 15.1. The lowest BCUT2D eigenvalue weighted by atomic mass is 9.81. The molecule has 1 aromatic rings. The van der Waals surface area contributed by atoms with Crippen molar-refractivity contribution < 1.29 is 4.79 Å². The predicted molar refractivity (Wildman–Crippen MR) is 115 cm³/mol. The van der Waals surface area contributed by atoms with E-state index in [9.17, 15) is 4.79 Å². The zero-order valence-electron chi connectivity index (χ0n) is 16.3. The average molecular weight is 404 g/mol. The third-order valence-electron chi connectivity index (χ3n) is 5.59. The van der Waals surface area contributed by atoms with Gasteiger partial charge in [0.15, 0.2) is 0 Å². The highest BCUT2D eigenvalue weighted by molar-refractivity contribution is 5.95. The predicted octanol–water partition coefficient (Wildman–Crippen LogP) is 4.47. The molecule has 1 amide bonds. The van der Waals surface area contributed by atoms with Gasteiger partial charge in [-0.1, -0.05) is 32.9 Å². The van der Waals surface area contributed by atoms with Crippen molar-refractivity contribution in [3.05, 3.63) is 29.8 Å². The molecule has 1 fully saturated rings. The Kier molecular flexibility index (Phi) is 11.4. The van der Waals surface area contributed by atoms with Gasteiger partial charge in [0.1, 0.15) is 0 Å². The first-order valence-corrected chi connectivity index (χ1v) is 9.35. The van der Waals surface area contributed by atoms with Gasteiger partial charge in [-0.2, -0.15) is 0 Å². The van der Waals surface area contributed by atoms with E-state index in [4.69, 9.17) is 5.73 Å². The fraction of sp³-hybridized carbons (Fsp3) is 0.650. The summed E-state index contributed by atoms with van der Waals surface area (Å²) in [6, 6.07) is 8.26. The molecule has 2 rings (SSSR count). The van der Waals surface area contributed by atoms with Gasteiger partial charge in [0.25, 0.3) is 0 Å². The molecule has 3 N–H and O–H groups in total. The third-order valence-corrected chi connectivity index (χ3v) is 5.59. The summed E-state index contributed by atoms with van der Waals surface area (Å²) in [5.41, 5.74) is 7.56. The topological polar surface area (TPSA) is 58.4 Å². The van der Waals surface area contributed by atoms with Crippen molar-refractivity contribution in [2.75, 3.05) is 25.0 Å². The molecule has 1 saturated heterocycles. The summed E-state index contributed by atoms with van der Waals surface area (Å²) in [6.07, 6.45) is 4.16. The van der Waals surface area contributed by atoms with Crippen molar-refractivity contribution in [1.82, 2.24) is 4.90 Å². The maximum Gasteiger partial charge on any atom is 0.231 e. The number of benzene rings is 1. The second kappa shape index (κ2) is 11.8. The molecule has 4 nitrogen and oxygen atoms in total. The minimum atomic E-state index is -0.456. The van der Waals surface area contributed by atoms with E-state index in [1.54, 1.807) is 0 Å². The summed E-state index contributed by atoms with van der Waals surface area (Å²) >= 11 is 0. The molecule has 0 aromatic heterocycles. The number of likely N-dealkylation sites (tertiary alicyclic amines) is 1. The van der Waals surface area contributed by atoms with Gasteiger partial charge >= 0.3 is 0 Å². The Morgan fingerprint density at radius 1 is 1.23 bits per heavy atom. The summed E-state index contributed by atoms with van der Waals surface area (Å²) in [5, 5.41) is 3.04. The minimum absolute atomic E-state index is 0. The van der Waals surface area contributed by atoms with Gasteiger partial charge in [-0.15, -0.1) is 24.8 Å². The molecule has 1 aromatic carbocycles. The standard InChI is InChI=1S/C20H33N3O.2ClH/c1-4-20(5-2,15-21)19(24)22-18-10-8-17(9-11-18)14-23-12-6-7-16(3)13-23;;/h8-11,16H,4-7,12-15,21H2,1-3H3,(H,22,24);2*1H. The number of carbonyl (C=O) groups excluding carboxylic acids is 1. The van der Waals surface area contributed by atoms with Crippen molar-refractivity contribution in [3.63, 3.8) is 0 Å². The molecular weight excluding hydrogens is 369 g/mol. The highest BCUT2D eigenvalue weighted by Gasteiger charge is 2.33. The number of amides is 1. The Balaban J connectivity index is 0.00000312. The van der Waals surface area contributed by atoms with Crippen LogP contribution >= 0.6 is 24.8 Å². The van der Waals surface area contributed by atoms with Crippen LogP contribution in [0, 0.1) is 11.3 Å². The van der Waals surface area contributed by atoms with Gasteiger partial charge < -0.3 is 11.1 Å². The van der Waals surface area contributed by atoms with Crippen LogP contribution in [-0.4, -0.2) is 30.4 Å². The van der Waals surface area contributed by atoms with Crippen LogP contribution in [0.3, 0.4) is 0 Å². The Labute approximate surface area is 171 Å². The van der Waals surface area contributed by atoms with Crippen LogP contribution in [0.2, 0.25) is 0 Å². The SMILES string of the molecule is CCC(CC)(CN)C(=O)Nc1ccc(CN2CCCC(C)C2)cc1.Cl.Cl. The number of rotatable bonds is 7. The molecule has 1 aliphatic rings. The Hall–Kier alpha value is -0.810. The van der Waals surface area contributed by atoms with E-state index in [1.165, 1.54) is 31.5 Å². The van der Waals surface area contributed by atoms with Crippen molar-refractivity contribution in [3.8, 4) is 0 Å². The summed E-state index contributed by atoms with van der Waals surface area (Å²) in [5.74, 6) is 0.831. The Morgan fingerprint density at radius 2 is 1.85 bits per heavy atom. The first-order chi connectivity index (χ1) is 11.5. The summed E-state index contributed by atoms with van der Waals surface area (Å²) < 4.78 is 0. The monoisotopic (exact) mass is 403 g/mol. The van der Waals surface area contributed by atoms with Gasteiger partial charge in [-0.25, -0.2) is 0 Å². The van der Waals surface area contributed by atoms with Crippen LogP contribution in [0.4, 0.5) is 5.69 Å². The number of hydrogen-bond acceptors (Lipinski definition) is 3. The molecule has 0 radical (unpaired) electrons. The fourth-order valence-corrected chi connectivity index (χ4v) is 3.60. The first-order valence-electron chi connectivity index (χ1n) is 9.35. The first kappa shape index (κ1) is 25.2. The van der Waals surface area contributed by atoms with Crippen LogP contribution in [0.15, 0.2) is 24.3 Å². The lowest BCUT2D eigenvalue weighted by Crippen LogP contribution is -2.41. The van der Waals surface area contributed by atoms with E-state index in [-0.39, 0.29) is 30.7 Å². The molecule has 0 aliphatic carbocycles. The van der Waals surface area contributed by atoms with E-state index in [1.807, 2.05) is 26.0 Å². The number of anilines is 1. The zero-order valence-corrected chi connectivity index (χ0v) is 17.9. The smallest absolute Gasteiger partial charge is 0.231 e. The highest BCUT2D eigenvalue weighted by atomic mass is 35.5. The van der Waals surface area contributed by atoms with Gasteiger partial charge in [-0.05, 0) is 55.8 Å². The maximum absolute atomic E-state index is 12.6. The molecule has 0 spiro atoms. The van der Waals surface area contributed by atoms with Crippen LogP contribution in [0.1, 0.15) is 52.0 Å². The van der Waals surface area contributed by atoms with Crippen LogP contribution < -0.4 is 11.1 Å². The summed E-state index contributed by atoms with van der Waals surface area (Å²) in [6.45, 7) is 10.1. The number of nitrogens with one attached hydrogen (secondary N) is 1. The van der Waals surface area contributed by atoms with Gasteiger partial charge in [0.2, 0.25) is 5.91 Å². The van der Waals surface area contributed by atoms with Crippen molar-refractivity contribution >= 4 is 36.4 Å². The molecular formula is C20H35Cl2N3O. The second-order valence-electron chi connectivity index (χ2n) is 7.33. The number of halogens is 2. The van der Waals surface area contributed by atoms with Crippen molar-refractivity contribution in [2.45, 2.75) is 53.0 Å². The Morgan fingerprint density at radius 3 is 2.35 bits per heavy atom. The number of hydrogen-bond donors (Lipinski definition) is 2. The molecule has 1 heterocycles.